The molecule has 2 fully saturated rings. The molecule has 0 saturated carbocycles. The summed E-state index contributed by atoms with van der Waals surface area (Å²) in [5.74, 6) is -0.827. The van der Waals surface area contributed by atoms with Gasteiger partial charge in [0, 0.05) is 28.7 Å². The van der Waals surface area contributed by atoms with Gasteiger partial charge in [-0.2, -0.15) is 0 Å². The van der Waals surface area contributed by atoms with Crippen molar-refractivity contribution in [2.75, 3.05) is 19.6 Å². The number of amides is 4. The lowest BCUT2D eigenvalue weighted by Gasteiger charge is -2.35. The fourth-order valence-corrected chi connectivity index (χ4v) is 4.13. The molecule has 2 saturated heterocycles. The molecule has 1 N–H and O–H groups in total. The molecule has 0 spiro atoms. The van der Waals surface area contributed by atoms with Crippen molar-refractivity contribution in [3.05, 3.63) is 33.8 Å². The largest absolute Gasteiger partial charge is 0.372 e. The van der Waals surface area contributed by atoms with E-state index >= 15 is 0 Å². The number of urea groups is 1. The molecule has 1 aromatic rings. The summed E-state index contributed by atoms with van der Waals surface area (Å²) in [5, 5.41) is 3.34. The summed E-state index contributed by atoms with van der Waals surface area (Å²) in [7, 11) is 0. The van der Waals surface area contributed by atoms with Gasteiger partial charge in [0.05, 0.1) is 12.2 Å². The van der Waals surface area contributed by atoms with Gasteiger partial charge in [-0.3, -0.25) is 14.5 Å². The van der Waals surface area contributed by atoms with Crippen molar-refractivity contribution in [1.29, 1.82) is 0 Å². The highest BCUT2D eigenvalue weighted by Crippen LogP contribution is 2.35. The molecule has 27 heavy (non-hydrogen) atoms. The van der Waals surface area contributed by atoms with Crippen LogP contribution in [-0.4, -0.2) is 59.5 Å². The minimum Gasteiger partial charge on any atom is -0.372 e. The molecule has 9 heteroatoms. The van der Waals surface area contributed by atoms with Gasteiger partial charge < -0.3 is 15.0 Å². The lowest BCUT2D eigenvalue weighted by atomic mass is 9.92. The lowest BCUT2D eigenvalue weighted by Crippen LogP contribution is -2.52. The van der Waals surface area contributed by atoms with E-state index in [1.807, 2.05) is 13.8 Å². The number of rotatable bonds is 3. The number of morpholine rings is 1. The molecule has 146 valence electrons. The first-order chi connectivity index (χ1) is 12.6. The van der Waals surface area contributed by atoms with Gasteiger partial charge in [0.2, 0.25) is 5.91 Å². The average Bonchev–Trinajstić information content (AvgIpc) is 2.77. The van der Waals surface area contributed by atoms with Crippen LogP contribution >= 0.6 is 23.2 Å². The van der Waals surface area contributed by atoms with Crippen LogP contribution < -0.4 is 5.32 Å². The van der Waals surface area contributed by atoms with E-state index in [2.05, 4.69) is 5.32 Å². The third-order valence-electron chi connectivity index (χ3n) is 4.81. The molecular formula is C18H21Cl2N3O4. The molecule has 0 bridgehead atoms. The van der Waals surface area contributed by atoms with Crippen molar-refractivity contribution in [2.24, 2.45) is 0 Å². The smallest absolute Gasteiger partial charge is 0.325 e. The molecule has 2 aliphatic rings. The van der Waals surface area contributed by atoms with E-state index in [0.717, 1.165) is 4.90 Å². The predicted octanol–water partition coefficient (Wildman–Crippen LogP) is 2.40. The third kappa shape index (κ3) is 3.77. The van der Waals surface area contributed by atoms with E-state index in [1.54, 1.807) is 24.0 Å². The molecule has 7 nitrogen and oxygen atoms in total. The molecule has 0 aromatic heterocycles. The van der Waals surface area contributed by atoms with Gasteiger partial charge in [0.25, 0.3) is 5.91 Å². The van der Waals surface area contributed by atoms with Crippen LogP contribution in [0.2, 0.25) is 10.0 Å². The van der Waals surface area contributed by atoms with Crippen LogP contribution in [0.5, 0.6) is 0 Å². The van der Waals surface area contributed by atoms with Crippen molar-refractivity contribution in [2.45, 2.75) is 38.5 Å². The molecule has 0 aliphatic carbocycles. The normalized spacial score (nSPS) is 28.5. The Bertz CT molecular complexity index is 793. The van der Waals surface area contributed by atoms with Gasteiger partial charge in [0.1, 0.15) is 12.1 Å². The Morgan fingerprint density at radius 1 is 1.26 bits per heavy atom. The summed E-state index contributed by atoms with van der Waals surface area (Å²) in [6.07, 6.45) is -0.196. The van der Waals surface area contributed by atoms with Gasteiger partial charge in [0.15, 0.2) is 0 Å². The zero-order valence-corrected chi connectivity index (χ0v) is 16.8. The molecule has 1 aromatic carbocycles. The van der Waals surface area contributed by atoms with Crippen LogP contribution in [0.3, 0.4) is 0 Å². The van der Waals surface area contributed by atoms with Crippen molar-refractivity contribution in [3.8, 4) is 0 Å². The maximum Gasteiger partial charge on any atom is 0.325 e. The van der Waals surface area contributed by atoms with E-state index < -0.39 is 17.5 Å². The second-order valence-corrected chi connectivity index (χ2v) is 7.97. The SMILES string of the molecule is C[C@@H]1CN(C(=O)CN2C(=O)N[C@](C)(c3ccc(Cl)cc3Cl)C2=O)C[C@@H](C)O1. The molecule has 3 atom stereocenters. The van der Waals surface area contributed by atoms with E-state index in [9.17, 15) is 14.4 Å². The second-order valence-electron chi connectivity index (χ2n) is 7.13. The number of hydrogen-bond donors (Lipinski definition) is 1. The molecular weight excluding hydrogens is 393 g/mol. The minimum atomic E-state index is -1.36. The zero-order chi connectivity index (χ0) is 19.9. The first-order valence-electron chi connectivity index (χ1n) is 8.64. The number of carbonyl (C=O) groups is 3. The number of nitrogens with zero attached hydrogens (tertiary/aromatic N) is 2. The highest BCUT2D eigenvalue weighted by atomic mass is 35.5. The predicted molar refractivity (Wildman–Crippen MR) is 101 cm³/mol. The van der Waals surface area contributed by atoms with Crippen LogP contribution in [0, 0.1) is 0 Å². The quantitative estimate of drug-likeness (QED) is 0.771. The second kappa shape index (κ2) is 7.30. The Labute approximate surface area is 167 Å². The Balaban J connectivity index is 1.79. The van der Waals surface area contributed by atoms with Crippen LogP contribution in [0.15, 0.2) is 18.2 Å². The Kier molecular flexibility index (Phi) is 5.38. The zero-order valence-electron chi connectivity index (χ0n) is 15.3. The third-order valence-corrected chi connectivity index (χ3v) is 5.36. The first-order valence-corrected chi connectivity index (χ1v) is 9.40. The molecule has 0 unspecified atom stereocenters. The van der Waals surface area contributed by atoms with Gasteiger partial charge >= 0.3 is 6.03 Å². The Morgan fingerprint density at radius 3 is 2.48 bits per heavy atom. The van der Waals surface area contributed by atoms with E-state index in [1.165, 1.54) is 6.07 Å². The van der Waals surface area contributed by atoms with Crippen LogP contribution in [0.25, 0.3) is 0 Å². The van der Waals surface area contributed by atoms with Crippen molar-refractivity contribution >= 4 is 41.0 Å². The van der Waals surface area contributed by atoms with Gasteiger partial charge in [-0.25, -0.2) is 4.79 Å². The van der Waals surface area contributed by atoms with Crippen LogP contribution in [-0.2, 0) is 19.9 Å². The highest BCUT2D eigenvalue weighted by molar-refractivity contribution is 6.35. The Morgan fingerprint density at radius 2 is 1.89 bits per heavy atom. The van der Waals surface area contributed by atoms with Gasteiger partial charge in [-0.05, 0) is 32.9 Å². The number of halogens is 2. The fourth-order valence-electron chi connectivity index (χ4n) is 3.53. The summed E-state index contributed by atoms with van der Waals surface area (Å²) in [5.41, 5.74) is -0.930. The highest BCUT2D eigenvalue weighted by Gasteiger charge is 2.50. The lowest BCUT2D eigenvalue weighted by molar-refractivity contribution is -0.146. The molecule has 3 rings (SSSR count). The maximum absolute atomic E-state index is 13.0. The van der Waals surface area contributed by atoms with E-state index in [-0.39, 0.29) is 29.7 Å². The number of benzene rings is 1. The van der Waals surface area contributed by atoms with Crippen LogP contribution in [0.1, 0.15) is 26.3 Å². The average molecular weight is 414 g/mol. The summed E-state index contributed by atoms with van der Waals surface area (Å²) < 4.78 is 5.61. The first kappa shape index (κ1) is 19.9. The van der Waals surface area contributed by atoms with Crippen LogP contribution in [0.4, 0.5) is 4.79 Å². The number of ether oxygens (including phenoxy) is 1. The monoisotopic (exact) mass is 413 g/mol. The van der Waals surface area contributed by atoms with Crippen molar-refractivity contribution in [3.63, 3.8) is 0 Å². The number of nitrogens with one attached hydrogen (secondary N) is 1. The number of imide groups is 1. The topological polar surface area (TPSA) is 79.0 Å². The summed E-state index contributed by atoms with van der Waals surface area (Å²) in [4.78, 5) is 40.6. The molecule has 4 amide bonds. The van der Waals surface area contributed by atoms with Gasteiger partial charge in [-0.15, -0.1) is 0 Å². The maximum atomic E-state index is 13.0. The summed E-state index contributed by atoms with van der Waals surface area (Å²) in [6.45, 7) is 5.84. The fraction of sp³-hybridized carbons (Fsp3) is 0.500. The Hall–Kier alpha value is -1.83. The number of hydrogen-bond acceptors (Lipinski definition) is 4. The summed E-state index contributed by atoms with van der Waals surface area (Å²) >= 11 is 12.1. The van der Waals surface area contributed by atoms with Crippen molar-refractivity contribution in [1.82, 2.24) is 15.1 Å². The minimum absolute atomic E-state index is 0.0982. The molecule has 0 radical (unpaired) electrons. The number of carbonyl (C=O) groups excluding carboxylic acids is 3. The summed E-state index contributed by atoms with van der Waals surface area (Å²) in [6, 6.07) is 4.07. The van der Waals surface area contributed by atoms with Gasteiger partial charge in [-0.1, -0.05) is 29.3 Å². The molecule has 2 aliphatic heterocycles. The van der Waals surface area contributed by atoms with Crippen molar-refractivity contribution < 1.29 is 19.1 Å². The van der Waals surface area contributed by atoms with E-state index in [4.69, 9.17) is 27.9 Å². The molecule has 2 heterocycles. The van der Waals surface area contributed by atoms with E-state index in [0.29, 0.717) is 23.7 Å². The standard InChI is InChI=1S/C18H21Cl2N3O4/c1-10-7-22(8-11(2)27-10)15(24)9-23-16(25)18(3,21-17(23)26)13-5-4-12(19)6-14(13)20/h4-6,10-11H,7-9H2,1-3H3,(H,21,26)/t10-,11-,18-/m1/s1.